The number of amides is 1. The largest absolute Gasteiger partial charge is 0.327 e. The van der Waals surface area contributed by atoms with Crippen LogP contribution in [0.5, 0.6) is 0 Å². The van der Waals surface area contributed by atoms with Gasteiger partial charge in [0.05, 0.1) is 34.7 Å². The molecule has 0 radical (unpaired) electrons. The maximum atomic E-state index is 14.0. The van der Waals surface area contributed by atoms with Crippen LogP contribution < -0.4 is 0 Å². The Bertz CT molecular complexity index is 1400. The molecule has 33 heavy (non-hydrogen) atoms. The van der Waals surface area contributed by atoms with Crippen LogP contribution in [-0.4, -0.2) is 36.2 Å². The van der Waals surface area contributed by atoms with Crippen molar-refractivity contribution < 1.29 is 18.0 Å². The van der Waals surface area contributed by atoms with Gasteiger partial charge in [-0.15, -0.1) is 0 Å². The maximum Gasteiger partial charge on any atom is 0.258 e. The van der Waals surface area contributed by atoms with E-state index in [0.717, 1.165) is 48.2 Å². The van der Waals surface area contributed by atoms with Crippen LogP contribution in [0.4, 0.5) is 13.2 Å². The monoisotopic (exact) mass is 451 g/mol. The molecule has 2 aliphatic heterocycles. The van der Waals surface area contributed by atoms with Crippen LogP contribution in [0, 0.1) is 17.5 Å². The van der Waals surface area contributed by atoms with E-state index in [0.29, 0.717) is 17.7 Å². The highest BCUT2D eigenvalue weighted by Gasteiger charge is 2.44. The number of aryl methyl sites for hydroxylation is 1. The van der Waals surface area contributed by atoms with Gasteiger partial charge in [-0.3, -0.25) is 9.48 Å². The molecule has 1 fully saturated rings. The second-order valence-electron chi connectivity index (χ2n) is 8.70. The van der Waals surface area contributed by atoms with Gasteiger partial charge in [-0.2, -0.15) is 10.2 Å². The molecule has 5 heterocycles. The number of aromatic nitrogens is 4. The topological polar surface area (TPSA) is 55.4 Å². The normalized spacial score (nSPS) is 19.7. The van der Waals surface area contributed by atoms with E-state index in [1.807, 2.05) is 23.1 Å². The molecule has 1 aromatic carbocycles. The Labute approximate surface area is 187 Å². The van der Waals surface area contributed by atoms with Crippen molar-refractivity contribution in [3.8, 4) is 11.3 Å². The Morgan fingerprint density at radius 1 is 1.12 bits per heavy atom. The smallest absolute Gasteiger partial charge is 0.258 e. The molecule has 6 nitrogen and oxygen atoms in total. The van der Waals surface area contributed by atoms with Crippen molar-refractivity contribution in [2.24, 2.45) is 7.05 Å². The average Bonchev–Trinajstić information content (AvgIpc) is 3.37. The molecule has 3 aromatic heterocycles. The molecule has 4 aromatic rings. The number of hydrogen-bond donors (Lipinski definition) is 0. The van der Waals surface area contributed by atoms with Crippen LogP contribution in [0.25, 0.3) is 16.8 Å². The van der Waals surface area contributed by atoms with Crippen LogP contribution in [0.1, 0.15) is 46.9 Å². The van der Waals surface area contributed by atoms with Gasteiger partial charge in [0.2, 0.25) is 0 Å². The van der Waals surface area contributed by atoms with Gasteiger partial charge in [0.1, 0.15) is 0 Å². The zero-order valence-corrected chi connectivity index (χ0v) is 17.8. The SMILES string of the molecule is Cn1nc2c(c1-c1cc(F)c(F)c(F)c1)CC1CCCC2N1C(=O)c1cnn2ccccc12. The third kappa shape index (κ3) is 2.91. The van der Waals surface area contributed by atoms with Crippen molar-refractivity contribution in [2.45, 2.75) is 37.8 Å². The summed E-state index contributed by atoms with van der Waals surface area (Å²) in [5.41, 5.74) is 3.67. The van der Waals surface area contributed by atoms with Crippen LogP contribution in [0.2, 0.25) is 0 Å². The predicted molar refractivity (Wildman–Crippen MR) is 114 cm³/mol. The highest BCUT2D eigenvalue weighted by Crippen LogP contribution is 2.45. The molecule has 2 aliphatic rings. The van der Waals surface area contributed by atoms with Crippen molar-refractivity contribution in [3.05, 3.63) is 77.0 Å². The molecule has 1 saturated heterocycles. The molecule has 0 N–H and O–H groups in total. The van der Waals surface area contributed by atoms with Crippen molar-refractivity contribution in [3.63, 3.8) is 0 Å². The molecule has 1 amide bonds. The molecule has 2 bridgehead atoms. The van der Waals surface area contributed by atoms with Crippen LogP contribution in [0.3, 0.4) is 0 Å². The van der Waals surface area contributed by atoms with Crippen molar-refractivity contribution >= 4 is 11.4 Å². The minimum absolute atomic E-state index is 0.0690. The van der Waals surface area contributed by atoms with E-state index in [1.54, 1.807) is 28.6 Å². The van der Waals surface area contributed by atoms with Gasteiger partial charge < -0.3 is 4.90 Å². The minimum Gasteiger partial charge on any atom is -0.327 e. The Morgan fingerprint density at radius 3 is 2.70 bits per heavy atom. The summed E-state index contributed by atoms with van der Waals surface area (Å²) < 4.78 is 44.7. The standard InChI is InChI=1S/C24H20F3N5O/c1-30-23(13-9-17(25)21(27)18(26)10-13)15-11-14-5-4-7-20(22(15)29-30)32(14)24(33)16-12-28-31-8-3-2-6-19(16)31/h2-3,6,8-10,12,14,20H,4-5,7,11H2,1H3. The fourth-order valence-electron chi connectivity index (χ4n) is 5.44. The molecular formula is C24H20F3N5O. The van der Waals surface area contributed by atoms with Crippen molar-refractivity contribution in [1.82, 2.24) is 24.3 Å². The summed E-state index contributed by atoms with van der Waals surface area (Å²) in [6.07, 6.45) is 6.43. The molecule has 9 heteroatoms. The third-order valence-electron chi connectivity index (χ3n) is 6.82. The van der Waals surface area contributed by atoms with Gasteiger partial charge in [-0.05, 0) is 49.9 Å². The second-order valence-corrected chi connectivity index (χ2v) is 8.70. The molecule has 2 unspecified atom stereocenters. The maximum absolute atomic E-state index is 14.0. The summed E-state index contributed by atoms with van der Waals surface area (Å²) in [7, 11) is 1.70. The number of rotatable bonds is 2. The number of pyridine rings is 1. The molecule has 6 rings (SSSR count). The highest BCUT2D eigenvalue weighted by molar-refractivity contribution is 6.01. The summed E-state index contributed by atoms with van der Waals surface area (Å²) in [5, 5.41) is 8.97. The lowest BCUT2D eigenvalue weighted by molar-refractivity contribution is 0.0394. The van der Waals surface area contributed by atoms with Gasteiger partial charge in [0.15, 0.2) is 17.5 Å². The summed E-state index contributed by atoms with van der Waals surface area (Å²) in [6.45, 7) is 0. The number of carbonyl (C=O) groups excluding carboxylic acids is 1. The first-order valence-corrected chi connectivity index (χ1v) is 10.9. The second kappa shape index (κ2) is 7.19. The summed E-state index contributed by atoms with van der Waals surface area (Å²) in [5.74, 6) is -4.05. The van der Waals surface area contributed by atoms with E-state index in [4.69, 9.17) is 0 Å². The highest BCUT2D eigenvalue weighted by atomic mass is 19.2. The fraction of sp³-hybridized carbons (Fsp3) is 0.292. The molecule has 0 spiro atoms. The van der Waals surface area contributed by atoms with Crippen molar-refractivity contribution in [1.29, 1.82) is 0 Å². The zero-order valence-electron chi connectivity index (χ0n) is 17.8. The van der Waals surface area contributed by atoms with Crippen LogP contribution in [-0.2, 0) is 13.5 Å². The first kappa shape index (κ1) is 20.0. The van der Waals surface area contributed by atoms with E-state index in [-0.39, 0.29) is 23.6 Å². The van der Waals surface area contributed by atoms with E-state index >= 15 is 0 Å². The Morgan fingerprint density at radius 2 is 1.91 bits per heavy atom. The zero-order chi connectivity index (χ0) is 22.9. The number of piperidine rings is 1. The lowest BCUT2D eigenvalue weighted by Gasteiger charge is -2.45. The quantitative estimate of drug-likeness (QED) is 0.424. The number of fused-ring (bicyclic) bond motifs is 5. The third-order valence-corrected chi connectivity index (χ3v) is 6.82. The van der Waals surface area contributed by atoms with Gasteiger partial charge in [0, 0.05) is 30.4 Å². The van der Waals surface area contributed by atoms with Crippen LogP contribution >= 0.6 is 0 Å². The number of benzene rings is 1. The van der Waals surface area contributed by atoms with Gasteiger partial charge in [-0.1, -0.05) is 6.07 Å². The number of carbonyl (C=O) groups is 1. The van der Waals surface area contributed by atoms with Gasteiger partial charge in [-0.25, -0.2) is 17.7 Å². The number of hydrogen-bond acceptors (Lipinski definition) is 3. The minimum atomic E-state index is -1.49. The molecule has 168 valence electrons. The van der Waals surface area contributed by atoms with E-state index in [2.05, 4.69) is 10.2 Å². The van der Waals surface area contributed by atoms with Gasteiger partial charge >= 0.3 is 0 Å². The van der Waals surface area contributed by atoms with Gasteiger partial charge in [0.25, 0.3) is 5.91 Å². The number of nitrogens with zero attached hydrogens (tertiary/aromatic N) is 5. The Hall–Kier alpha value is -3.62. The van der Waals surface area contributed by atoms with Crippen LogP contribution in [0.15, 0.2) is 42.7 Å². The molecule has 0 saturated carbocycles. The first-order valence-electron chi connectivity index (χ1n) is 10.9. The fourth-order valence-corrected chi connectivity index (χ4v) is 5.44. The van der Waals surface area contributed by atoms with E-state index < -0.39 is 17.5 Å². The Balaban J connectivity index is 1.45. The molecule has 2 atom stereocenters. The van der Waals surface area contributed by atoms with Crippen molar-refractivity contribution in [2.75, 3.05) is 0 Å². The van der Waals surface area contributed by atoms with E-state index in [1.165, 1.54) is 0 Å². The average molecular weight is 451 g/mol. The molecular weight excluding hydrogens is 431 g/mol. The predicted octanol–water partition coefficient (Wildman–Crippen LogP) is 4.44. The lowest BCUT2D eigenvalue weighted by Crippen LogP contribution is -2.49. The Kier molecular flexibility index (Phi) is 4.36. The first-order chi connectivity index (χ1) is 15.9. The summed E-state index contributed by atoms with van der Waals surface area (Å²) in [6, 6.07) is 7.28. The number of halogens is 3. The summed E-state index contributed by atoms with van der Waals surface area (Å²) >= 11 is 0. The summed E-state index contributed by atoms with van der Waals surface area (Å²) in [4.78, 5) is 15.6. The molecule has 0 aliphatic carbocycles. The lowest BCUT2D eigenvalue weighted by atomic mass is 9.81. The van der Waals surface area contributed by atoms with E-state index in [9.17, 15) is 18.0 Å².